The van der Waals surface area contributed by atoms with Crippen molar-refractivity contribution >= 4 is 11.8 Å². The summed E-state index contributed by atoms with van der Waals surface area (Å²) < 4.78 is 1.54. The molecular formula is C17H21N7S. The Labute approximate surface area is 151 Å². The highest BCUT2D eigenvalue weighted by atomic mass is 32.2. The maximum atomic E-state index is 6.19. The maximum Gasteiger partial charge on any atom is 0.216 e. The topological polar surface area (TPSA) is 95.4 Å². The van der Waals surface area contributed by atoms with Gasteiger partial charge >= 0.3 is 0 Å². The van der Waals surface area contributed by atoms with Crippen molar-refractivity contribution < 1.29 is 0 Å². The number of hydrogen-bond donors (Lipinski definition) is 1. The molecule has 0 amide bonds. The van der Waals surface area contributed by atoms with Crippen LogP contribution in [0.3, 0.4) is 0 Å². The monoisotopic (exact) mass is 355 g/mol. The fourth-order valence-electron chi connectivity index (χ4n) is 2.28. The van der Waals surface area contributed by atoms with Crippen molar-refractivity contribution in [3.05, 3.63) is 41.6 Å². The summed E-state index contributed by atoms with van der Waals surface area (Å²) in [5.41, 5.74) is 2.66. The molecule has 3 rings (SSSR count). The summed E-state index contributed by atoms with van der Waals surface area (Å²) in [4.78, 5) is 13.3. The van der Waals surface area contributed by atoms with Crippen molar-refractivity contribution in [2.24, 2.45) is 0 Å². The van der Waals surface area contributed by atoms with Crippen LogP contribution in [-0.2, 0) is 5.41 Å². The lowest BCUT2D eigenvalue weighted by atomic mass is 9.96. The van der Waals surface area contributed by atoms with Gasteiger partial charge in [-0.05, 0) is 37.7 Å². The fourth-order valence-corrected chi connectivity index (χ4v) is 3.15. The van der Waals surface area contributed by atoms with E-state index < -0.39 is 0 Å². The molecule has 0 saturated heterocycles. The SMILES string of the molecule is Cc1nc(-c2ccncc2)nc(Sc2nnc(C(C)(C)C)n2N)c1C. The molecule has 25 heavy (non-hydrogen) atoms. The molecule has 130 valence electrons. The summed E-state index contributed by atoms with van der Waals surface area (Å²) in [6.45, 7) is 10.1. The summed E-state index contributed by atoms with van der Waals surface area (Å²) in [6, 6.07) is 3.78. The van der Waals surface area contributed by atoms with E-state index in [1.54, 1.807) is 12.4 Å². The van der Waals surface area contributed by atoms with Crippen LogP contribution in [0.1, 0.15) is 37.9 Å². The molecular weight excluding hydrogens is 334 g/mol. The molecule has 3 aromatic heterocycles. The van der Waals surface area contributed by atoms with E-state index in [-0.39, 0.29) is 5.41 Å². The molecule has 0 fully saturated rings. The lowest BCUT2D eigenvalue weighted by Crippen LogP contribution is -2.24. The molecule has 7 nitrogen and oxygen atoms in total. The summed E-state index contributed by atoms with van der Waals surface area (Å²) in [7, 11) is 0. The summed E-state index contributed by atoms with van der Waals surface area (Å²) in [6.07, 6.45) is 3.46. The van der Waals surface area contributed by atoms with Crippen LogP contribution in [-0.4, -0.2) is 29.8 Å². The van der Waals surface area contributed by atoms with Crippen molar-refractivity contribution in [2.45, 2.75) is 50.2 Å². The minimum Gasteiger partial charge on any atom is -0.336 e. The molecule has 3 aromatic rings. The largest absolute Gasteiger partial charge is 0.336 e. The van der Waals surface area contributed by atoms with Gasteiger partial charge in [0.05, 0.1) is 0 Å². The van der Waals surface area contributed by atoms with Gasteiger partial charge in [0, 0.05) is 34.6 Å². The number of pyridine rings is 1. The predicted molar refractivity (Wildman–Crippen MR) is 97.7 cm³/mol. The summed E-state index contributed by atoms with van der Waals surface area (Å²) >= 11 is 1.40. The first-order valence-electron chi connectivity index (χ1n) is 7.92. The minimum absolute atomic E-state index is 0.181. The van der Waals surface area contributed by atoms with Gasteiger partial charge in [0.15, 0.2) is 11.6 Å². The molecule has 0 aliphatic heterocycles. The van der Waals surface area contributed by atoms with Crippen molar-refractivity contribution in [3.8, 4) is 11.4 Å². The van der Waals surface area contributed by atoms with E-state index >= 15 is 0 Å². The molecule has 0 saturated carbocycles. The Morgan fingerprint density at radius 1 is 1.04 bits per heavy atom. The Morgan fingerprint density at radius 3 is 2.32 bits per heavy atom. The number of nitrogens with two attached hydrogens (primary N) is 1. The highest BCUT2D eigenvalue weighted by Crippen LogP contribution is 2.31. The van der Waals surface area contributed by atoms with Gasteiger partial charge in [-0.3, -0.25) is 4.98 Å². The Balaban J connectivity index is 2.01. The smallest absolute Gasteiger partial charge is 0.216 e. The molecule has 3 heterocycles. The zero-order valence-electron chi connectivity index (χ0n) is 15.0. The lowest BCUT2D eigenvalue weighted by Gasteiger charge is -2.16. The van der Waals surface area contributed by atoms with E-state index in [0.717, 1.165) is 27.7 Å². The highest BCUT2D eigenvalue weighted by molar-refractivity contribution is 7.99. The molecule has 0 unspecified atom stereocenters. The van der Waals surface area contributed by atoms with Crippen LogP contribution in [0.15, 0.2) is 34.7 Å². The summed E-state index contributed by atoms with van der Waals surface area (Å²) in [5.74, 6) is 7.58. The van der Waals surface area contributed by atoms with Crippen molar-refractivity contribution in [1.82, 2.24) is 29.8 Å². The van der Waals surface area contributed by atoms with Crippen molar-refractivity contribution in [3.63, 3.8) is 0 Å². The first kappa shape index (κ1) is 17.3. The standard InChI is InChI=1S/C17H21N7S/c1-10-11(2)20-13(12-6-8-19-9-7-12)21-14(10)25-16-23-22-15(24(16)18)17(3,4)5/h6-9H,18H2,1-5H3. The van der Waals surface area contributed by atoms with Crippen LogP contribution < -0.4 is 5.84 Å². The average Bonchev–Trinajstić information content (AvgIpc) is 2.93. The van der Waals surface area contributed by atoms with Gasteiger partial charge in [-0.2, -0.15) is 0 Å². The van der Waals surface area contributed by atoms with Gasteiger partial charge < -0.3 is 5.84 Å². The normalized spacial score (nSPS) is 11.7. The highest BCUT2D eigenvalue weighted by Gasteiger charge is 2.24. The van der Waals surface area contributed by atoms with Gasteiger partial charge in [-0.1, -0.05) is 20.8 Å². The maximum absolute atomic E-state index is 6.19. The predicted octanol–water partition coefficient (Wildman–Crippen LogP) is 2.91. The third-order valence-electron chi connectivity index (χ3n) is 3.81. The van der Waals surface area contributed by atoms with Crippen LogP contribution >= 0.6 is 11.8 Å². The molecule has 0 bridgehead atoms. The van der Waals surface area contributed by atoms with E-state index in [9.17, 15) is 0 Å². The number of aromatic nitrogens is 6. The number of nitrogen functional groups attached to an aromatic ring is 1. The van der Waals surface area contributed by atoms with E-state index in [0.29, 0.717) is 11.0 Å². The molecule has 0 spiro atoms. The molecule has 0 aliphatic carbocycles. The Kier molecular flexibility index (Phi) is 4.47. The zero-order chi connectivity index (χ0) is 18.2. The third kappa shape index (κ3) is 3.48. The number of aryl methyl sites for hydroxylation is 1. The first-order chi connectivity index (χ1) is 11.8. The van der Waals surface area contributed by atoms with Crippen LogP contribution in [0.25, 0.3) is 11.4 Å². The Bertz CT molecular complexity index is 897. The van der Waals surface area contributed by atoms with Crippen LogP contribution in [0.5, 0.6) is 0 Å². The van der Waals surface area contributed by atoms with Crippen LogP contribution in [0, 0.1) is 13.8 Å². The number of nitrogens with zero attached hydrogens (tertiary/aromatic N) is 6. The van der Waals surface area contributed by atoms with Gasteiger partial charge in [0.2, 0.25) is 5.16 Å². The molecule has 0 radical (unpaired) electrons. The lowest BCUT2D eigenvalue weighted by molar-refractivity contribution is 0.523. The molecule has 2 N–H and O–H groups in total. The molecule has 0 atom stereocenters. The van der Waals surface area contributed by atoms with Crippen LogP contribution in [0.2, 0.25) is 0 Å². The minimum atomic E-state index is -0.181. The second-order valence-electron chi connectivity index (χ2n) is 6.83. The molecule has 0 aliphatic rings. The van der Waals surface area contributed by atoms with Gasteiger partial charge in [-0.15, -0.1) is 10.2 Å². The second kappa shape index (κ2) is 6.44. The zero-order valence-corrected chi connectivity index (χ0v) is 15.8. The van der Waals surface area contributed by atoms with E-state index in [1.165, 1.54) is 16.4 Å². The van der Waals surface area contributed by atoms with E-state index in [1.807, 2.05) is 26.0 Å². The fraction of sp³-hybridized carbons (Fsp3) is 0.353. The Morgan fingerprint density at radius 2 is 1.72 bits per heavy atom. The van der Waals surface area contributed by atoms with Gasteiger partial charge in [0.25, 0.3) is 0 Å². The van der Waals surface area contributed by atoms with E-state index in [2.05, 4.69) is 40.9 Å². The number of rotatable bonds is 3. The quantitative estimate of drug-likeness (QED) is 0.570. The number of hydrogen-bond acceptors (Lipinski definition) is 7. The Hall–Kier alpha value is -2.48. The van der Waals surface area contributed by atoms with Gasteiger partial charge in [-0.25, -0.2) is 14.6 Å². The third-order valence-corrected chi connectivity index (χ3v) is 4.86. The first-order valence-corrected chi connectivity index (χ1v) is 8.73. The van der Waals surface area contributed by atoms with Crippen molar-refractivity contribution in [1.29, 1.82) is 0 Å². The van der Waals surface area contributed by atoms with Crippen molar-refractivity contribution in [2.75, 3.05) is 5.84 Å². The molecule has 0 aromatic carbocycles. The second-order valence-corrected chi connectivity index (χ2v) is 7.78. The van der Waals surface area contributed by atoms with Gasteiger partial charge in [0.1, 0.15) is 5.03 Å². The molecule has 8 heteroatoms. The van der Waals surface area contributed by atoms with Crippen LogP contribution in [0.4, 0.5) is 0 Å². The van der Waals surface area contributed by atoms with E-state index in [4.69, 9.17) is 10.8 Å². The summed E-state index contributed by atoms with van der Waals surface area (Å²) in [5, 5.41) is 9.88. The average molecular weight is 355 g/mol.